The van der Waals surface area contributed by atoms with Crippen molar-refractivity contribution in [3.8, 4) is 0 Å². The Bertz CT molecular complexity index is 2190. The summed E-state index contributed by atoms with van der Waals surface area (Å²) in [5.41, 5.74) is 3.39. The molecule has 5 aromatic rings. The van der Waals surface area contributed by atoms with Gasteiger partial charge in [0.1, 0.15) is 5.82 Å². The van der Waals surface area contributed by atoms with Gasteiger partial charge < -0.3 is 24.8 Å². The van der Waals surface area contributed by atoms with Gasteiger partial charge in [0.05, 0.1) is 34.6 Å². The van der Waals surface area contributed by atoms with Crippen molar-refractivity contribution in [2.45, 2.75) is 54.1 Å². The molecule has 0 aliphatic carbocycles. The summed E-state index contributed by atoms with van der Waals surface area (Å²) < 4.78 is 54.8. The second-order valence-corrected chi connectivity index (χ2v) is 16.2. The first kappa shape index (κ1) is 41.7. The zero-order chi connectivity index (χ0) is 40.6. The highest BCUT2D eigenvalue weighted by Gasteiger charge is 2.33. The molecule has 0 unspecified atom stereocenters. The fourth-order valence-electron chi connectivity index (χ4n) is 8.16. The van der Waals surface area contributed by atoms with Crippen molar-refractivity contribution in [3.05, 3.63) is 118 Å². The summed E-state index contributed by atoms with van der Waals surface area (Å²) in [6, 6.07) is 25.7. The second-order valence-electron chi connectivity index (χ2n) is 15.1. The van der Waals surface area contributed by atoms with Crippen LogP contribution in [0.5, 0.6) is 0 Å². The maximum absolute atomic E-state index is 13.3. The van der Waals surface area contributed by atoms with Gasteiger partial charge in [-0.2, -0.15) is 13.2 Å². The van der Waals surface area contributed by atoms with E-state index in [1.54, 1.807) is 18.2 Å². The number of β-amino-alcohol motifs (C(OH)–C–C–N with tert-alkyl or cyclic N) is 1. The largest absolute Gasteiger partial charge is 0.416 e. The quantitative estimate of drug-likeness (QED) is 0.0967. The van der Waals surface area contributed by atoms with Crippen LogP contribution in [0.25, 0.3) is 11.0 Å². The standard InChI is InChI=1S/C22H26F3N3OS.C22H24FN3O2/c23-22(24,25)17-6-7-21-19(16-17)28(18-4-1-2-5-20(18)30-21)9-3-8-26-10-12-27(13-11-26)14-15-29;23-17-9-7-16(8-10-17)21(27)6-3-13-25-14-11-18(12-15-25)26-20-5-2-1-4-19(20)24-22(26)28/h1-2,4-7,16,29H,3,8-15H2;1-2,4-5,7-10,18H,3,6,11-15H2,(H,24,28). The number of aliphatic hydroxyl groups excluding tert-OH is 1. The number of hydrogen-bond acceptors (Lipinski definition) is 8. The highest BCUT2D eigenvalue weighted by atomic mass is 32.2. The Morgan fingerprint density at radius 3 is 2.10 bits per heavy atom. The predicted octanol–water partition coefficient (Wildman–Crippen LogP) is 8.08. The topological polar surface area (TPSA) is 88.0 Å². The Morgan fingerprint density at radius 2 is 1.38 bits per heavy atom. The van der Waals surface area contributed by atoms with Gasteiger partial charge in [-0.3, -0.25) is 14.3 Å². The number of carbonyl (C=O) groups excluding carboxylic acids is 1. The molecule has 0 saturated carbocycles. The van der Waals surface area contributed by atoms with E-state index in [0.29, 0.717) is 30.8 Å². The molecule has 8 rings (SSSR count). The normalized spacial score (nSPS) is 16.8. The number of nitrogens with one attached hydrogen (secondary N) is 1. The van der Waals surface area contributed by atoms with Crippen LogP contribution in [0.15, 0.2) is 106 Å². The van der Waals surface area contributed by atoms with Crippen molar-refractivity contribution < 1.29 is 27.5 Å². The van der Waals surface area contributed by atoms with E-state index in [0.717, 1.165) is 105 Å². The smallest absolute Gasteiger partial charge is 0.395 e. The predicted molar refractivity (Wildman–Crippen MR) is 221 cm³/mol. The SMILES string of the molecule is O=C(CCCN1CCC(n2c(=O)[nH]c3ccccc32)CC1)c1ccc(F)cc1.OCCN1CCN(CCCN2c3ccccc3Sc3ccc(C(F)(F)F)cc32)CC1. The fraction of sp³-hybridized carbons (Fsp3) is 0.409. The fourth-order valence-corrected chi connectivity index (χ4v) is 9.23. The molecule has 0 radical (unpaired) electrons. The summed E-state index contributed by atoms with van der Waals surface area (Å²) >= 11 is 1.53. The third-order valence-corrected chi connectivity index (χ3v) is 12.4. The van der Waals surface area contributed by atoms with Crippen molar-refractivity contribution in [2.24, 2.45) is 0 Å². The molecule has 2 N–H and O–H groups in total. The molecule has 0 spiro atoms. The number of carbonyl (C=O) groups is 1. The van der Waals surface area contributed by atoms with E-state index in [1.807, 2.05) is 58.0 Å². The van der Waals surface area contributed by atoms with E-state index in [9.17, 15) is 27.2 Å². The van der Waals surface area contributed by atoms with Gasteiger partial charge in [0, 0.05) is 80.2 Å². The zero-order valence-electron chi connectivity index (χ0n) is 32.5. The van der Waals surface area contributed by atoms with Crippen molar-refractivity contribution in [2.75, 3.05) is 77.0 Å². The van der Waals surface area contributed by atoms with Crippen LogP contribution in [0.4, 0.5) is 28.9 Å². The number of piperazine rings is 1. The lowest BCUT2D eigenvalue weighted by Crippen LogP contribution is -2.47. The van der Waals surface area contributed by atoms with Gasteiger partial charge in [-0.25, -0.2) is 9.18 Å². The number of hydrogen-bond donors (Lipinski definition) is 2. The molecule has 0 atom stereocenters. The number of aromatic nitrogens is 2. The Hall–Kier alpha value is -4.47. The van der Waals surface area contributed by atoms with Gasteiger partial charge in [0.2, 0.25) is 0 Å². The molecule has 14 heteroatoms. The minimum Gasteiger partial charge on any atom is -0.395 e. The molecule has 0 bridgehead atoms. The van der Waals surface area contributed by atoms with E-state index < -0.39 is 11.7 Å². The number of imidazole rings is 1. The number of nitrogens with zero attached hydrogens (tertiary/aromatic N) is 5. The van der Waals surface area contributed by atoms with Crippen LogP contribution < -0.4 is 10.6 Å². The zero-order valence-corrected chi connectivity index (χ0v) is 33.3. The summed E-state index contributed by atoms with van der Waals surface area (Å²) in [5.74, 6) is -0.269. The third-order valence-electron chi connectivity index (χ3n) is 11.3. The van der Waals surface area contributed by atoms with E-state index in [2.05, 4.69) is 19.7 Å². The Kier molecular flexibility index (Phi) is 13.7. The molecule has 3 aliphatic heterocycles. The molecule has 4 heterocycles. The molecular formula is C44H50F4N6O3S. The molecule has 2 fully saturated rings. The van der Waals surface area contributed by atoms with Crippen LogP contribution in [0.1, 0.15) is 54.1 Å². The maximum Gasteiger partial charge on any atom is 0.416 e. The van der Waals surface area contributed by atoms with Crippen LogP contribution in [0.2, 0.25) is 0 Å². The summed E-state index contributed by atoms with van der Waals surface area (Å²) in [4.78, 5) is 38.4. The molecule has 0 amide bonds. The number of aromatic amines is 1. The van der Waals surface area contributed by atoms with Crippen molar-refractivity contribution in [1.29, 1.82) is 0 Å². The average Bonchev–Trinajstić information content (AvgIpc) is 3.57. The van der Waals surface area contributed by atoms with Crippen LogP contribution in [0, 0.1) is 5.82 Å². The van der Waals surface area contributed by atoms with Gasteiger partial charge >= 0.3 is 11.9 Å². The molecule has 4 aromatic carbocycles. The number of rotatable bonds is 12. The highest BCUT2D eigenvalue weighted by Crippen LogP contribution is 2.49. The highest BCUT2D eigenvalue weighted by molar-refractivity contribution is 7.99. The number of aliphatic hydroxyl groups is 1. The number of Topliss-reactive ketones (excluding diaryl/α,β-unsaturated/α-hetero) is 1. The van der Waals surface area contributed by atoms with Crippen molar-refractivity contribution in [1.82, 2.24) is 24.3 Å². The Labute approximate surface area is 340 Å². The molecule has 308 valence electrons. The number of benzene rings is 4. The Morgan fingerprint density at radius 1 is 0.741 bits per heavy atom. The molecule has 2 saturated heterocycles. The first-order valence-corrected chi connectivity index (χ1v) is 20.9. The first-order chi connectivity index (χ1) is 28.1. The average molecular weight is 819 g/mol. The third kappa shape index (κ3) is 10.2. The number of likely N-dealkylation sites (tertiary alicyclic amines) is 1. The van der Waals surface area contributed by atoms with Gasteiger partial charge in [-0.15, -0.1) is 0 Å². The van der Waals surface area contributed by atoms with Crippen molar-refractivity contribution in [3.63, 3.8) is 0 Å². The van der Waals surface area contributed by atoms with Crippen LogP contribution in [-0.2, 0) is 6.18 Å². The summed E-state index contributed by atoms with van der Waals surface area (Å²) in [6.45, 7) is 8.99. The van der Waals surface area contributed by atoms with E-state index in [1.165, 1.54) is 36.0 Å². The van der Waals surface area contributed by atoms with E-state index in [-0.39, 0.29) is 29.9 Å². The van der Waals surface area contributed by atoms with Gasteiger partial charge in [-0.05, 0) is 106 Å². The number of para-hydroxylation sites is 3. The minimum atomic E-state index is -4.35. The summed E-state index contributed by atoms with van der Waals surface area (Å²) in [6.07, 6.45) is -0.381. The molecule has 3 aliphatic rings. The molecular weight excluding hydrogens is 769 g/mol. The number of piperidine rings is 1. The van der Waals surface area contributed by atoms with Gasteiger partial charge in [0.15, 0.2) is 5.78 Å². The van der Waals surface area contributed by atoms with Crippen molar-refractivity contribution >= 4 is 40.0 Å². The first-order valence-electron chi connectivity index (χ1n) is 20.1. The summed E-state index contributed by atoms with van der Waals surface area (Å²) in [7, 11) is 0. The van der Waals surface area contributed by atoms with Gasteiger partial charge in [0.25, 0.3) is 0 Å². The summed E-state index contributed by atoms with van der Waals surface area (Å²) in [5, 5.41) is 9.07. The van der Waals surface area contributed by atoms with Crippen LogP contribution >= 0.6 is 11.8 Å². The number of H-pyrrole nitrogens is 1. The number of alkyl halides is 3. The Balaban J connectivity index is 0.000000177. The lowest BCUT2D eigenvalue weighted by Gasteiger charge is -2.36. The molecule has 58 heavy (non-hydrogen) atoms. The minimum absolute atomic E-state index is 0.0375. The van der Waals surface area contributed by atoms with E-state index in [4.69, 9.17) is 5.11 Å². The number of anilines is 2. The monoisotopic (exact) mass is 818 g/mol. The lowest BCUT2D eigenvalue weighted by atomic mass is 10.0. The van der Waals surface area contributed by atoms with Crippen LogP contribution in [-0.4, -0.2) is 107 Å². The maximum atomic E-state index is 13.3. The van der Waals surface area contributed by atoms with E-state index >= 15 is 0 Å². The lowest BCUT2D eigenvalue weighted by molar-refractivity contribution is -0.137. The van der Waals surface area contributed by atoms with Gasteiger partial charge in [-0.1, -0.05) is 36.0 Å². The number of ketones is 1. The number of fused-ring (bicyclic) bond motifs is 3. The molecule has 9 nitrogen and oxygen atoms in total. The second kappa shape index (κ2) is 19.1. The molecule has 1 aromatic heterocycles. The van der Waals surface area contributed by atoms with Crippen LogP contribution in [0.3, 0.4) is 0 Å². The number of halogens is 4.